The van der Waals surface area contributed by atoms with Crippen molar-refractivity contribution in [2.24, 2.45) is 0 Å². The first kappa shape index (κ1) is 62.6. The maximum atomic E-state index is 9.69. The fourth-order valence-electron chi connectivity index (χ4n) is 16.8. The van der Waals surface area contributed by atoms with Gasteiger partial charge in [-0.15, -0.1) is 0 Å². The van der Waals surface area contributed by atoms with Gasteiger partial charge < -0.3 is 37.5 Å². The van der Waals surface area contributed by atoms with Gasteiger partial charge in [-0.25, -0.2) is 0 Å². The Hall–Kier alpha value is -13.2. The molecule has 0 bridgehead atoms. The molecule has 6 heterocycles. The number of nitrogens with zero attached hydrogens (tertiary/aromatic N) is 6. The minimum atomic E-state index is -1.50. The zero-order valence-corrected chi connectivity index (χ0v) is 58.9. The van der Waals surface area contributed by atoms with Gasteiger partial charge in [-0.2, -0.15) is 0 Å². The molecule has 10 heteroatoms. The minimum absolute atomic E-state index is 0.494. The highest BCUT2D eigenvalue weighted by Crippen LogP contribution is 2.42. The summed E-state index contributed by atoms with van der Waals surface area (Å²) in [6.45, 7) is 0. The molecule has 0 aliphatic carbocycles. The molecular formula is C96H64BBrN6O2. The SMILES string of the molecule is Brc1cccc(-n2c3ccccc3c3cc(-n4c5ccccc5c5ccccc54)ccc32)c1.OB(O)c1ccccc1-n1c2ccccc2c2ccccc21.c1cc(-c2ccccc2-n2c3ccccc3c3ccccc32)cc(-n2c3ccccc3c3cc(-n4c5ccccc5c5ccccc54)ccc32)c1. The number of fused-ring (bicyclic) bond motifs is 18. The fourth-order valence-corrected chi connectivity index (χ4v) is 17.2. The Morgan fingerprint density at radius 2 is 0.462 bits per heavy atom. The molecule has 22 rings (SSSR count). The summed E-state index contributed by atoms with van der Waals surface area (Å²) in [5, 5.41) is 34.3. The van der Waals surface area contributed by atoms with Crippen LogP contribution >= 0.6 is 15.9 Å². The quantitative estimate of drug-likeness (QED) is 0.149. The van der Waals surface area contributed by atoms with Crippen molar-refractivity contribution in [1.29, 1.82) is 0 Å². The van der Waals surface area contributed by atoms with Crippen LogP contribution < -0.4 is 5.46 Å². The van der Waals surface area contributed by atoms with Crippen LogP contribution in [0.25, 0.3) is 176 Å². The second kappa shape index (κ2) is 25.6. The lowest BCUT2D eigenvalue weighted by Crippen LogP contribution is -2.33. The van der Waals surface area contributed by atoms with E-state index in [0.717, 1.165) is 49.0 Å². The highest BCUT2D eigenvalue weighted by atomic mass is 79.9. The Kier molecular flexibility index (Phi) is 15.1. The summed E-state index contributed by atoms with van der Waals surface area (Å²) in [4.78, 5) is 0. The number of benzene rings is 16. The minimum Gasteiger partial charge on any atom is -0.423 e. The summed E-state index contributed by atoms with van der Waals surface area (Å²) >= 11 is 3.64. The Morgan fingerprint density at radius 3 is 0.821 bits per heavy atom. The second-order valence-corrected chi connectivity index (χ2v) is 28.0. The van der Waals surface area contributed by atoms with E-state index < -0.39 is 7.12 Å². The zero-order valence-electron chi connectivity index (χ0n) is 57.3. The van der Waals surface area contributed by atoms with Gasteiger partial charge in [0.2, 0.25) is 0 Å². The number of aromatic nitrogens is 6. The topological polar surface area (TPSA) is 70.0 Å². The smallest absolute Gasteiger partial charge is 0.423 e. The lowest BCUT2D eigenvalue weighted by Gasteiger charge is -2.15. The second-order valence-electron chi connectivity index (χ2n) is 27.1. The first-order valence-corrected chi connectivity index (χ1v) is 36.6. The van der Waals surface area contributed by atoms with E-state index in [9.17, 15) is 10.0 Å². The normalized spacial score (nSPS) is 11.7. The number of hydrogen-bond donors (Lipinski definition) is 2. The standard InChI is InChI=1S/C48H31N3.C30H19BrN2.C18H14BNO2/c1-7-22-42(51-46-26-11-4-19-38(46)39-20-5-12-27-47(39)51)35(16-1)32-14-13-15-33(30-32)49-45-25-10-6-21-40(45)41-31-34(28-29-48(41)49)50-43-23-8-2-17-36(43)37-18-3-9-24-44(37)50;31-20-8-7-9-21(18-20)32-29-15-6-3-12-25(29)26-19-22(16-17-30(26)32)33-27-13-4-1-10-23(27)24-11-2-5-14-28(24)33;21-19(22)15-9-3-6-12-18(15)20-16-10-4-1-7-13(16)14-8-2-5-11-17(14)20/h1-31H;1-19H;1-12,21-22H. The molecule has 500 valence electrons. The van der Waals surface area contributed by atoms with Gasteiger partial charge in [-0.3, -0.25) is 0 Å². The Labute approximate surface area is 618 Å². The summed E-state index contributed by atoms with van der Waals surface area (Å²) in [6.07, 6.45) is 0. The van der Waals surface area contributed by atoms with Gasteiger partial charge in [0.1, 0.15) is 0 Å². The summed E-state index contributed by atoms with van der Waals surface area (Å²) in [5.41, 5.74) is 23.7. The third kappa shape index (κ3) is 10.1. The van der Waals surface area contributed by atoms with Gasteiger partial charge in [-0.1, -0.05) is 253 Å². The van der Waals surface area contributed by atoms with Crippen molar-refractivity contribution in [2.45, 2.75) is 0 Å². The summed E-state index contributed by atoms with van der Waals surface area (Å²) < 4.78 is 15.1. The van der Waals surface area contributed by atoms with Crippen LogP contribution in [0.1, 0.15) is 0 Å². The molecule has 2 N–H and O–H groups in total. The van der Waals surface area contributed by atoms with Gasteiger partial charge in [0.25, 0.3) is 0 Å². The highest BCUT2D eigenvalue weighted by molar-refractivity contribution is 9.10. The van der Waals surface area contributed by atoms with Gasteiger partial charge in [0.15, 0.2) is 0 Å². The first-order chi connectivity index (χ1) is 52.4. The van der Waals surface area contributed by atoms with Crippen molar-refractivity contribution >= 4 is 159 Å². The maximum Gasteiger partial charge on any atom is 0.490 e. The molecule has 0 amide bonds. The Morgan fingerprint density at radius 1 is 0.198 bits per heavy atom. The van der Waals surface area contributed by atoms with Crippen LogP contribution in [0.4, 0.5) is 0 Å². The summed E-state index contributed by atoms with van der Waals surface area (Å²) in [7, 11) is -1.50. The molecule has 0 saturated carbocycles. The van der Waals surface area contributed by atoms with Crippen LogP contribution in [0.5, 0.6) is 0 Å². The Balaban J connectivity index is 0.000000116. The van der Waals surface area contributed by atoms with Crippen molar-refractivity contribution < 1.29 is 10.0 Å². The summed E-state index contributed by atoms with van der Waals surface area (Å²) in [5.74, 6) is 0. The van der Waals surface area contributed by atoms with Gasteiger partial charge in [-0.05, 0) is 145 Å². The van der Waals surface area contributed by atoms with Crippen LogP contribution in [0.2, 0.25) is 0 Å². The van der Waals surface area contributed by atoms with Gasteiger partial charge in [0.05, 0.1) is 71.9 Å². The van der Waals surface area contributed by atoms with Crippen molar-refractivity contribution in [2.75, 3.05) is 0 Å². The molecule has 8 nitrogen and oxygen atoms in total. The molecule has 0 radical (unpaired) electrons. The fraction of sp³-hybridized carbons (Fsp3) is 0. The lowest BCUT2D eigenvalue weighted by atomic mass is 9.79. The van der Waals surface area contributed by atoms with E-state index in [1.54, 1.807) is 6.07 Å². The number of halogens is 1. The molecule has 16 aromatic carbocycles. The van der Waals surface area contributed by atoms with Crippen molar-refractivity contribution in [3.05, 3.63) is 381 Å². The molecule has 0 aliphatic rings. The van der Waals surface area contributed by atoms with E-state index >= 15 is 0 Å². The predicted octanol–water partition coefficient (Wildman–Crippen LogP) is 23.8. The zero-order chi connectivity index (χ0) is 70.5. The van der Waals surface area contributed by atoms with Crippen LogP contribution in [-0.2, 0) is 0 Å². The van der Waals surface area contributed by atoms with Crippen LogP contribution in [-0.4, -0.2) is 44.6 Å². The molecule has 0 spiro atoms. The predicted molar refractivity (Wildman–Crippen MR) is 448 cm³/mol. The van der Waals surface area contributed by atoms with E-state index in [0.29, 0.717) is 5.46 Å². The molecule has 0 atom stereocenters. The molecule has 22 aromatic rings. The number of hydrogen-bond acceptors (Lipinski definition) is 2. The third-order valence-electron chi connectivity index (χ3n) is 21.2. The molecule has 0 unspecified atom stereocenters. The number of rotatable bonds is 8. The molecule has 0 aliphatic heterocycles. The molecule has 6 aromatic heterocycles. The van der Waals surface area contributed by atoms with E-state index in [1.807, 2.05) is 42.5 Å². The molecule has 0 saturated heterocycles. The van der Waals surface area contributed by atoms with Gasteiger partial charge in [0, 0.05) is 109 Å². The largest absolute Gasteiger partial charge is 0.490 e. The molecule has 0 fully saturated rings. The van der Waals surface area contributed by atoms with Crippen molar-refractivity contribution in [3.63, 3.8) is 0 Å². The van der Waals surface area contributed by atoms with E-state index in [1.165, 1.54) is 132 Å². The van der Waals surface area contributed by atoms with Crippen molar-refractivity contribution in [1.82, 2.24) is 27.4 Å². The van der Waals surface area contributed by atoms with Crippen LogP contribution in [0.3, 0.4) is 0 Å². The van der Waals surface area contributed by atoms with Crippen LogP contribution in [0, 0.1) is 0 Å². The molecule has 106 heavy (non-hydrogen) atoms. The van der Waals surface area contributed by atoms with Crippen LogP contribution in [0.15, 0.2) is 381 Å². The highest BCUT2D eigenvalue weighted by Gasteiger charge is 2.23. The average Bonchev–Trinajstić information content (AvgIpc) is 1.60. The summed E-state index contributed by atoms with van der Waals surface area (Å²) in [6, 6.07) is 133. The van der Waals surface area contributed by atoms with E-state index in [-0.39, 0.29) is 0 Å². The Bertz CT molecular complexity index is 7030. The van der Waals surface area contributed by atoms with Gasteiger partial charge >= 0.3 is 7.12 Å². The third-order valence-corrected chi connectivity index (χ3v) is 21.7. The first-order valence-electron chi connectivity index (χ1n) is 35.8. The van der Waals surface area contributed by atoms with Crippen molar-refractivity contribution in [3.8, 4) is 45.3 Å². The number of para-hydroxylation sites is 12. The maximum absolute atomic E-state index is 9.69. The lowest BCUT2D eigenvalue weighted by molar-refractivity contribution is 0.425. The van der Waals surface area contributed by atoms with E-state index in [4.69, 9.17) is 0 Å². The average molecular weight is 1420 g/mol. The molecular weight excluding hydrogens is 1360 g/mol. The van der Waals surface area contributed by atoms with E-state index in [2.05, 4.69) is 371 Å². The monoisotopic (exact) mass is 1420 g/mol.